The molecule has 0 saturated heterocycles. The smallest absolute Gasteiger partial charge is 0.340 e. The third-order valence-electron chi connectivity index (χ3n) is 3.32. The Morgan fingerprint density at radius 2 is 1.50 bits per heavy atom. The van der Waals surface area contributed by atoms with Crippen molar-refractivity contribution in [1.82, 2.24) is 0 Å². The second-order valence-corrected chi connectivity index (χ2v) is 4.55. The molecule has 0 unspecified atom stereocenters. The molecule has 0 saturated carbocycles. The van der Waals surface area contributed by atoms with Crippen LogP contribution in [-0.2, 0) is 0 Å². The van der Waals surface area contributed by atoms with Crippen LogP contribution in [-0.4, -0.2) is 22.9 Å². The maximum atomic E-state index is 13.7. The Kier molecular flexibility index (Phi) is 2.98. The molecule has 2 amide bonds. The number of carbonyl (C=O) groups is 3. The lowest BCUT2D eigenvalue weighted by atomic mass is 10.1. The molecule has 110 valence electrons. The summed E-state index contributed by atoms with van der Waals surface area (Å²) in [5.41, 5.74) is -1.41. The van der Waals surface area contributed by atoms with E-state index in [1.54, 1.807) is 0 Å². The highest BCUT2D eigenvalue weighted by Gasteiger charge is 2.39. The first kappa shape index (κ1) is 13.9. The molecule has 2 aromatic carbocycles. The van der Waals surface area contributed by atoms with Gasteiger partial charge in [-0.2, -0.15) is 0 Å². The largest absolute Gasteiger partial charge is 0.478 e. The number of hydrogen-bond donors (Lipinski definition) is 1. The normalized spacial score (nSPS) is 13.5. The Morgan fingerprint density at radius 1 is 0.955 bits per heavy atom. The van der Waals surface area contributed by atoms with Crippen LogP contribution in [0.1, 0.15) is 31.1 Å². The van der Waals surface area contributed by atoms with E-state index < -0.39 is 40.7 Å². The minimum atomic E-state index is -1.77. The van der Waals surface area contributed by atoms with Gasteiger partial charge in [0.05, 0.1) is 16.8 Å². The number of amides is 2. The third kappa shape index (κ3) is 1.79. The number of anilines is 1. The summed E-state index contributed by atoms with van der Waals surface area (Å²) in [7, 11) is 0. The first-order valence-corrected chi connectivity index (χ1v) is 6.12. The highest BCUT2D eigenvalue weighted by atomic mass is 19.2. The van der Waals surface area contributed by atoms with E-state index in [4.69, 9.17) is 5.11 Å². The second-order valence-electron chi connectivity index (χ2n) is 4.55. The van der Waals surface area contributed by atoms with E-state index in [1.165, 1.54) is 24.3 Å². The third-order valence-corrected chi connectivity index (χ3v) is 3.32. The number of imide groups is 1. The zero-order valence-corrected chi connectivity index (χ0v) is 10.8. The Bertz CT molecular complexity index is 812. The first-order valence-electron chi connectivity index (χ1n) is 6.12. The summed E-state index contributed by atoms with van der Waals surface area (Å²) in [4.78, 5) is 36.3. The topological polar surface area (TPSA) is 74.7 Å². The fraction of sp³-hybridized carbons (Fsp3) is 0. The SMILES string of the molecule is O=C(O)c1c(N2C(=O)c3ccccc3C2=O)ccc(F)c1F. The van der Waals surface area contributed by atoms with Crippen LogP contribution in [0.15, 0.2) is 36.4 Å². The minimum absolute atomic E-state index is 0.0774. The first-order chi connectivity index (χ1) is 10.4. The van der Waals surface area contributed by atoms with Crippen molar-refractivity contribution in [2.24, 2.45) is 0 Å². The lowest BCUT2D eigenvalue weighted by molar-refractivity contribution is 0.0691. The summed E-state index contributed by atoms with van der Waals surface area (Å²) < 4.78 is 27.0. The number of aromatic carboxylic acids is 1. The summed E-state index contributed by atoms with van der Waals surface area (Å²) in [5, 5.41) is 9.06. The summed E-state index contributed by atoms with van der Waals surface area (Å²) >= 11 is 0. The van der Waals surface area contributed by atoms with Crippen molar-refractivity contribution in [3.63, 3.8) is 0 Å². The molecule has 1 heterocycles. The molecule has 0 bridgehead atoms. The van der Waals surface area contributed by atoms with Crippen molar-refractivity contribution in [3.05, 3.63) is 64.7 Å². The Balaban J connectivity index is 2.23. The molecule has 2 aromatic rings. The zero-order chi connectivity index (χ0) is 16.0. The molecule has 1 aliphatic heterocycles. The van der Waals surface area contributed by atoms with Gasteiger partial charge in [0.2, 0.25) is 0 Å². The van der Waals surface area contributed by atoms with Crippen molar-refractivity contribution >= 4 is 23.5 Å². The molecule has 3 rings (SSSR count). The molecule has 22 heavy (non-hydrogen) atoms. The molecule has 0 atom stereocenters. The van der Waals surface area contributed by atoms with Gasteiger partial charge < -0.3 is 5.11 Å². The van der Waals surface area contributed by atoms with Crippen LogP contribution in [0.3, 0.4) is 0 Å². The minimum Gasteiger partial charge on any atom is -0.478 e. The number of fused-ring (bicyclic) bond motifs is 1. The van der Waals surface area contributed by atoms with Gasteiger partial charge in [0, 0.05) is 0 Å². The Hall–Kier alpha value is -3.09. The van der Waals surface area contributed by atoms with Crippen LogP contribution in [0.2, 0.25) is 0 Å². The van der Waals surface area contributed by atoms with E-state index in [2.05, 4.69) is 0 Å². The van der Waals surface area contributed by atoms with Gasteiger partial charge in [0.25, 0.3) is 11.8 Å². The molecule has 5 nitrogen and oxygen atoms in total. The van der Waals surface area contributed by atoms with Crippen molar-refractivity contribution < 1.29 is 28.3 Å². The van der Waals surface area contributed by atoms with Gasteiger partial charge in [-0.15, -0.1) is 0 Å². The van der Waals surface area contributed by atoms with Gasteiger partial charge >= 0.3 is 5.97 Å². The van der Waals surface area contributed by atoms with Crippen LogP contribution in [0.5, 0.6) is 0 Å². The molecule has 1 aliphatic rings. The number of rotatable bonds is 2. The lowest BCUT2D eigenvalue weighted by Gasteiger charge is -2.17. The van der Waals surface area contributed by atoms with Gasteiger partial charge in [0.15, 0.2) is 11.6 Å². The predicted octanol–water partition coefficient (Wildman–Crippen LogP) is 2.46. The quantitative estimate of drug-likeness (QED) is 0.865. The van der Waals surface area contributed by atoms with Gasteiger partial charge in [-0.25, -0.2) is 18.5 Å². The number of benzene rings is 2. The summed E-state index contributed by atoms with van der Waals surface area (Å²) in [5.74, 6) is -6.34. The monoisotopic (exact) mass is 303 g/mol. The number of halogens is 2. The van der Waals surface area contributed by atoms with E-state index in [0.717, 1.165) is 6.07 Å². The molecule has 0 aliphatic carbocycles. The van der Waals surface area contributed by atoms with Crippen LogP contribution in [0.4, 0.5) is 14.5 Å². The van der Waals surface area contributed by atoms with E-state index in [9.17, 15) is 23.2 Å². The molecule has 0 aromatic heterocycles. The lowest BCUT2D eigenvalue weighted by Crippen LogP contribution is -2.31. The summed E-state index contributed by atoms with van der Waals surface area (Å²) in [6.07, 6.45) is 0. The van der Waals surface area contributed by atoms with Gasteiger partial charge in [-0.3, -0.25) is 9.59 Å². The molecule has 0 fully saturated rings. The summed E-state index contributed by atoms with van der Waals surface area (Å²) in [6.45, 7) is 0. The van der Waals surface area contributed by atoms with Crippen molar-refractivity contribution in [3.8, 4) is 0 Å². The van der Waals surface area contributed by atoms with Crippen LogP contribution in [0.25, 0.3) is 0 Å². The van der Waals surface area contributed by atoms with Crippen LogP contribution < -0.4 is 4.90 Å². The van der Waals surface area contributed by atoms with E-state index in [1.807, 2.05) is 0 Å². The van der Waals surface area contributed by atoms with Gasteiger partial charge in [-0.1, -0.05) is 12.1 Å². The van der Waals surface area contributed by atoms with Crippen LogP contribution in [0, 0.1) is 11.6 Å². The Labute approximate surface area is 122 Å². The van der Waals surface area contributed by atoms with Crippen molar-refractivity contribution in [2.75, 3.05) is 4.90 Å². The van der Waals surface area contributed by atoms with Crippen molar-refractivity contribution in [1.29, 1.82) is 0 Å². The molecular weight excluding hydrogens is 296 g/mol. The number of hydrogen-bond acceptors (Lipinski definition) is 3. The standard InChI is InChI=1S/C15H7F2NO4/c16-9-5-6-10(11(12(9)17)15(21)22)18-13(19)7-3-1-2-4-8(7)14(18)20/h1-6H,(H,21,22). The van der Waals surface area contributed by atoms with E-state index in [0.29, 0.717) is 11.0 Å². The van der Waals surface area contributed by atoms with Gasteiger partial charge in [-0.05, 0) is 24.3 Å². The Morgan fingerprint density at radius 3 is 2.00 bits per heavy atom. The number of carboxylic acid groups (broad SMARTS) is 1. The fourth-order valence-electron chi connectivity index (χ4n) is 2.34. The average molecular weight is 303 g/mol. The zero-order valence-electron chi connectivity index (χ0n) is 10.8. The molecule has 7 heteroatoms. The van der Waals surface area contributed by atoms with Gasteiger partial charge in [0.1, 0.15) is 5.56 Å². The highest BCUT2D eigenvalue weighted by molar-refractivity contribution is 6.35. The molecule has 0 radical (unpaired) electrons. The maximum Gasteiger partial charge on any atom is 0.340 e. The van der Waals surface area contributed by atoms with Crippen molar-refractivity contribution in [2.45, 2.75) is 0 Å². The average Bonchev–Trinajstić information content (AvgIpc) is 2.74. The fourth-order valence-corrected chi connectivity index (χ4v) is 2.34. The predicted molar refractivity (Wildman–Crippen MR) is 70.9 cm³/mol. The number of carboxylic acids is 1. The molecule has 1 N–H and O–H groups in total. The molecular formula is C15H7F2NO4. The molecule has 0 spiro atoms. The van der Waals surface area contributed by atoms with E-state index >= 15 is 0 Å². The number of nitrogens with zero attached hydrogens (tertiary/aromatic N) is 1. The highest BCUT2D eigenvalue weighted by Crippen LogP contribution is 2.32. The summed E-state index contributed by atoms with van der Waals surface area (Å²) in [6, 6.07) is 7.43. The van der Waals surface area contributed by atoms with E-state index in [-0.39, 0.29) is 11.1 Å². The van der Waals surface area contributed by atoms with Crippen LogP contribution >= 0.6 is 0 Å². The second kappa shape index (κ2) is 4.73. The number of carbonyl (C=O) groups excluding carboxylic acids is 2. The maximum absolute atomic E-state index is 13.7.